The summed E-state index contributed by atoms with van der Waals surface area (Å²) in [5, 5.41) is 5.70. The second kappa shape index (κ2) is 7.94. The molecule has 1 aromatic rings. The van der Waals surface area contributed by atoms with Crippen LogP contribution < -0.4 is 10.6 Å². The number of carbonyl (C=O) groups is 3. The molecule has 1 aliphatic carbocycles. The number of hydrogen-bond donors (Lipinski definition) is 2. The third kappa shape index (κ3) is 3.58. The monoisotopic (exact) mass is 395 g/mol. The van der Waals surface area contributed by atoms with Crippen molar-refractivity contribution in [1.82, 2.24) is 10.2 Å². The number of fused-ring (bicyclic) bond motifs is 2. The molecule has 0 bridgehead atoms. The molecule has 0 spiro atoms. The number of benzene rings is 1. The lowest BCUT2D eigenvalue weighted by Crippen LogP contribution is -2.38. The number of carbonyl (C=O) groups excluding carboxylic acids is 3. The highest BCUT2D eigenvalue weighted by Gasteiger charge is 2.48. The predicted molar refractivity (Wildman–Crippen MR) is 99.9 cm³/mol. The average Bonchev–Trinajstić information content (AvgIpc) is 2.89. The number of rotatable bonds is 3. The van der Waals surface area contributed by atoms with Crippen LogP contribution in [0.15, 0.2) is 12.1 Å². The molecule has 4 rings (SSSR count). The van der Waals surface area contributed by atoms with Crippen molar-refractivity contribution in [2.75, 3.05) is 18.4 Å². The zero-order chi connectivity index (χ0) is 18.3. The Balaban J connectivity index is 0.00000210. The first-order chi connectivity index (χ1) is 12.6. The molecule has 1 aromatic carbocycles. The fourth-order valence-corrected chi connectivity index (χ4v) is 4.35. The molecule has 3 amide bonds. The Hall–Kier alpha value is -1.99. The predicted octanol–water partition coefficient (Wildman–Crippen LogP) is 2.01. The van der Waals surface area contributed by atoms with Crippen LogP contribution in [0.5, 0.6) is 0 Å². The number of nitrogens with zero attached hydrogens (tertiary/aromatic N) is 1. The van der Waals surface area contributed by atoms with Gasteiger partial charge < -0.3 is 10.6 Å². The van der Waals surface area contributed by atoms with E-state index in [1.807, 2.05) is 0 Å². The Kier molecular flexibility index (Phi) is 5.81. The Morgan fingerprint density at radius 1 is 1.19 bits per heavy atom. The molecule has 6 nitrogen and oxygen atoms in total. The summed E-state index contributed by atoms with van der Waals surface area (Å²) in [7, 11) is 0. The van der Waals surface area contributed by atoms with E-state index in [0.29, 0.717) is 37.9 Å². The van der Waals surface area contributed by atoms with E-state index in [9.17, 15) is 18.8 Å². The lowest BCUT2D eigenvalue weighted by molar-refractivity contribution is -0.142. The molecule has 2 N–H and O–H groups in total. The van der Waals surface area contributed by atoms with Crippen molar-refractivity contribution in [1.29, 1.82) is 0 Å². The van der Waals surface area contributed by atoms with Gasteiger partial charge in [-0.25, -0.2) is 4.39 Å². The molecule has 146 valence electrons. The second-order valence-corrected chi connectivity index (χ2v) is 7.30. The van der Waals surface area contributed by atoms with Gasteiger partial charge in [-0.05, 0) is 43.0 Å². The van der Waals surface area contributed by atoms with Gasteiger partial charge in [0.05, 0.1) is 17.5 Å². The first-order valence-corrected chi connectivity index (χ1v) is 9.22. The van der Waals surface area contributed by atoms with Crippen LogP contribution in [0.2, 0.25) is 0 Å². The van der Waals surface area contributed by atoms with Gasteiger partial charge in [0.15, 0.2) is 0 Å². The normalized spacial score (nSPS) is 24.1. The van der Waals surface area contributed by atoms with Gasteiger partial charge in [-0.2, -0.15) is 0 Å². The number of anilines is 1. The minimum Gasteiger partial charge on any atom is -0.322 e. The lowest BCUT2D eigenvalue weighted by atomic mass is 9.81. The Morgan fingerprint density at radius 2 is 1.85 bits per heavy atom. The Bertz CT molecular complexity index is 762. The van der Waals surface area contributed by atoms with E-state index in [0.717, 1.165) is 23.3 Å². The van der Waals surface area contributed by atoms with Gasteiger partial charge >= 0.3 is 0 Å². The van der Waals surface area contributed by atoms with Crippen LogP contribution in [0, 0.1) is 17.7 Å². The van der Waals surface area contributed by atoms with Gasteiger partial charge in [-0.15, -0.1) is 12.4 Å². The van der Waals surface area contributed by atoms with Gasteiger partial charge in [-0.3, -0.25) is 19.3 Å². The highest BCUT2D eigenvalue weighted by Crippen LogP contribution is 2.37. The van der Waals surface area contributed by atoms with E-state index >= 15 is 0 Å². The summed E-state index contributed by atoms with van der Waals surface area (Å²) in [6, 6.07) is 3.33. The Labute approximate surface area is 163 Å². The second-order valence-electron chi connectivity index (χ2n) is 7.30. The summed E-state index contributed by atoms with van der Waals surface area (Å²) in [6.45, 7) is 0.962. The summed E-state index contributed by atoms with van der Waals surface area (Å²) >= 11 is 0. The van der Waals surface area contributed by atoms with Crippen LogP contribution in [0.25, 0.3) is 0 Å². The summed E-state index contributed by atoms with van der Waals surface area (Å²) < 4.78 is 14.6. The number of amides is 3. The molecule has 1 saturated heterocycles. The van der Waals surface area contributed by atoms with Gasteiger partial charge in [0.25, 0.3) is 0 Å². The van der Waals surface area contributed by atoms with Crippen LogP contribution in [-0.4, -0.2) is 35.7 Å². The van der Waals surface area contributed by atoms with Gasteiger partial charge in [0.2, 0.25) is 17.7 Å². The number of imide groups is 1. The third-order valence-electron chi connectivity index (χ3n) is 5.72. The van der Waals surface area contributed by atoms with E-state index < -0.39 is 11.7 Å². The smallest absolute Gasteiger partial charge is 0.244 e. The molecule has 27 heavy (non-hydrogen) atoms. The molecule has 0 aromatic heterocycles. The van der Waals surface area contributed by atoms with E-state index in [1.54, 1.807) is 6.07 Å². The van der Waals surface area contributed by atoms with E-state index in [4.69, 9.17) is 0 Å². The molecule has 2 atom stereocenters. The quantitative estimate of drug-likeness (QED) is 0.767. The molecule has 2 fully saturated rings. The fraction of sp³-hybridized carbons (Fsp3) is 0.526. The molecule has 2 heterocycles. The summed E-state index contributed by atoms with van der Waals surface area (Å²) in [5.41, 5.74) is 1.61. The van der Waals surface area contributed by atoms with Gasteiger partial charge in [0.1, 0.15) is 12.4 Å². The van der Waals surface area contributed by atoms with Crippen LogP contribution in [0.4, 0.5) is 10.1 Å². The first-order valence-electron chi connectivity index (χ1n) is 9.22. The largest absolute Gasteiger partial charge is 0.322 e. The van der Waals surface area contributed by atoms with E-state index in [1.165, 1.54) is 6.07 Å². The van der Waals surface area contributed by atoms with E-state index in [2.05, 4.69) is 10.6 Å². The van der Waals surface area contributed by atoms with Crippen molar-refractivity contribution >= 4 is 35.8 Å². The fourth-order valence-electron chi connectivity index (χ4n) is 4.35. The molecule has 0 radical (unpaired) electrons. The zero-order valence-corrected chi connectivity index (χ0v) is 15.7. The minimum atomic E-state index is -0.543. The van der Waals surface area contributed by atoms with Crippen LogP contribution >= 0.6 is 12.4 Å². The molecular formula is C19H23ClFN3O3. The first kappa shape index (κ1) is 19.8. The highest BCUT2D eigenvalue weighted by molar-refractivity contribution is 6.08. The van der Waals surface area contributed by atoms with Crippen molar-refractivity contribution in [3.8, 4) is 0 Å². The molecule has 8 heteroatoms. The minimum absolute atomic E-state index is 0. The zero-order valence-electron chi connectivity index (χ0n) is 14.9. The van der Waals surface area contributed by atoms with Crippen molar-refractivity contribution < 1.29 is 18.8 Å². The number of nitrogens with one attached hydrogen (secondary N) is 2. The molecule has 1 saturated carbocycles. The Morgan fingerprint density at radius 3 is 2.52 bits per heavy atom. The molecule has 3 aliphatic rings. The maximum atomic E-state index is 14.6. The number of halogens is 2. The third-order valence-corrected chi connectivity index (χ3v) is 5.72. The maximum Gasteiger partial charge on any atom is 0.244 e. The number of likely N-dealkylation sites (tertiary alicyclic amines) is 1. The summed E-state index contributed by atoms with van der Waals surface area (Å²) in [4.78, 5) is 38.3. The summed E-state index contributed by atoms with van der Waals surface area (Å²) in [5.74, 6) is -2.05. The lowest BCUT2D eigenvalue weighted by Gasteiger charge is -2.20. The van der Waals surface area contributed by atoms with Crippen molar-refractivity contribution in [2.45, 2.75) is 38.6 Å². The SMILES string of the molecule is Cl.O=C(CN1C(=O)C2CCCCC2C1=O)Nc1ccc2c(c1F)CCNC2. The number of hydrogen-bond acceptors (Lipinski definition) is 4. The van der Waals surface area contributed by atoms with Gasteiger partial charge in [-0.1, -0.05) is 18.9 Å². The topological polar surface area (TPSA) is 78.5 Å². The van der Waals surface area contributed by atoms with Crippen molar-refractivity contribution in [3.05, 3.63) is 29.1 Å². The average molecular weight is 396 g/mol. The van der Waals surface area contributed by atoms with E-state index in [-0.39, 0.29) is 48.3 Å². The molecule has 2 aliphatic heterocycles. The molecular weight excluding hydrogens is 373 g/mol. The standard InChI is InChI=1S/C19H22FN3O3.ClH/c20-17-12-7-8-21-9-11(12)5-6-15(17)22-16(24)10-23-18(25)13-3-1-2-4-14(13)19(23)26;/h5-6,13-14,21H,1-4,7-10H2,(H,22,24);1H. The van der Waals surface area contributed by atoms with Crippen molar-refractivity contribution in [2.24, 2.45) is 11.8 Å². The van der Waals surface area contributed by atoms with Gasteiger partial charge in [0, 0.05) is 6.54 Å². The molecule has 2 unspecified atom stereocenters. The highest BCUT2D eigenvalue weighted by atomic mass is 35.5. The maximum absolute atomic E-state index is 14.6. The van der Waals surface area contributed by atoms with Crippen molar-refractivity contribution in [3.63, 3.8) is 0 Å². The summed E-state index contributed by atoms with van der Waals surface area (Å²) in [6.07, 6.45) is 3.86. The van der Waals surface area contributed by atoms with Crippen LogP contribution in [0.1, 0.15) is 36.8 Å². The van der Waals surface area contributed by atoms with Crippen LogP contribution in [-0.2, 0) is 27.3 Å². The van der Waals surface area contributed by atoms with Crippen LogP contribution in [0.3, 0.4) is 0 Å².